The van der Waals surface area contributed by atoms with E-state index in [-0.39, 0.29) is 44.7 Å². The van der Waals surface area contributed by atoms with Crippen molar-refractivity contribution in [1.82, 2.24) is 9.62 Å². The van der Waals surface area contributed by atoms with E-state index in [2.05, 4.69) is 4.72 Å². The van der Waals surface area contributed by atoms with Gasteiger partial charge in [0.15, 0.2) is 0 Å². The molecule has 1 saturated carbocycles. The molecule has 30 heavy (non-hydrogen) atoms. The molecule has 1 heterocycles. The number of carbonyl (C=O) groups is 1. The van der Waals surface area contributed by atoms with Gasteiger partial charge in [-0.1, -0.05) is 53.5 Å². The van der Waals surface area contributed by atoms with E-state index >= 15 is 0 Å². The predicted octanol–water partition coefficient (Wildman–Crippen LogP) is 4.04. The maximum atomic E-state index is 13.3. The molecule has 9 heteroatoms. The summed E-state index contributed by atoms with van der Waals surface area (Å²) in [6.45, 7) is 2.62. The number of nitrogens with one attached hydrogen (secondary N) is 1. The molecule has 2 aliphatic rings. The van der Waals surface area contributed by atoms with Gasteiger partial charge in [-0.25, -0.2) is 13.1 Å². The van der Waals surface area contributed by atoms with Crippen molar-refractivity contribution in [3.63, 3.8) is 0 Å². The van der Waals surface area contributed by atoms with Crippen LogP contribution >= 0.6 is 23.2 Å². The topological polar surface area (TPSA) is 75.7 Å². The molecule has 1 aliphatic heterocycles. The Labute approximate surface area is 186 Å². The monoisotopic (exact) mass is 468 g/mol. The number of hydrogen-bond acceptors (Lipinski definition) is 4. The van der Waals surface area contributed by atoms with Crippen LogP contribution in [-0.4, -0.2) is 44.5 Å². The van der Waals surface area contributed by atoms with Gasteiger partial charge in [0.05, 0.1) is 28.3 Å². The highest BCUT2D eigenvalue weighted by molar-refractivity contribution is 7.89. The third-order valence-corrected chi connectivity index (χ3v) is 7.46. The van der Waals surface area contributed by atoms with Gasteiger partial charge in [0.25, 0.3) is 5.91 Å². The molecule has 160 valence electrons. The molecule has 0 radical (unpaired) electrons. The third kappa shape index (κ3) is 4.65. The first-order valence-electron chi connectivity index (χ1n) is 9.75. The first kappa shape index (κ1) is 21.6. The average molecular weight is 469 g/mol. The smallest absolute Gasteiger partial charge is 0.255 e. The Morgan fingerprint density at radius 2 is 1.80 bits per heavy atom. The van der Waals surface area contributed by atoms with Gasteiger partial charge in [-0.15, -0.1) is 0 Å². The Balaban J connectivity index is 1.63. The number of carbonyl (C=O) groups excluding carboxylic acids is 1. The van der Waals surface area contributed by atoms with E-state index in [1.54, 1.807) is 4.90 Å². The first-order valence-corrected chi connectivity index (χ1v) is 12.0. The standard InChI is InChI=1S/C21H22Cl2N2O4S/c1-13-11-25(12-19(29-13)14-5-3-2-4-6-14)21(26)16-9-20(18(23)10-17(16)22)30(27,28)24-15-7-8-15/h2-6,9-10,13,15,19,24H,7-8,11-12H2,1H3. The molecule has 2 aromatic carbocycles. The molecule has 1 saturated heterocycles. The maximum absolute atomic E-state index is 13.3. The molecule has 2 aromatic rings. The van der Waals surface area contributed by atoms with E-state index in [4.69, 9.17) is 27.9 Å². The molecule has 1 N–H and O–H groups in total. The van der Waals surface area contributed by atoms with Crippen molar-refractivity contribution in [3.05, 3.63) is 63.6 Å². The summed E-state index contributed by atoms with van der Waals surface area (Å²) < 4.78 is 33.9. The molecule has 0 spiro atoms. The van der Waals surface area contributed by atoms with Crippen molar-refractivity contribution in [3.8, 4) is 0 Å². The Hall–Kier alpha value is -1.64. The molecular formula is C21H22Cl2N2O4S. The molecular weight excluding hydrogens is 447 g/mol. The zero-order chi connectivity index (χ0) is 21.5. The summed E-state index contributed by atoms with van der Waals surface area (Å²) in [5.41, 5.74) is 1.08. The Morgan fingerprint density at radius 3 is 2.47 bits per heavy atom. The fourth-order valence-electron chi connectivity index (χ4n) is 3.52. The van der Waals surface area contributed by atoms with Gasteiger partial charge in [-0.3, -0.25) is 4.79 Å². The summed E-state index contributed by atoms with van der Waals surface area (Å²) in [5, 5.41) is 0.105. The number of benzene rings is 2. The quantitative estimate of drug-likeness (QED) is 0.718. The molecule has 2 fully saturated rings. The molecule has 2 atom stereocenters. The van der Waals surface area contributed by atoms with Gasteiger partial charge >= 0.3 is 0 Å². The van der Waals surface area contributed by atoms with Crippen molar-refractivity contribution in [2.45, 2.75) is 42.9 Å². The van der Waals surface area contributed by atoms with Crippen molar-refractivity contribution in [2.24, 2.45) is 0 Å². The van der Waals surface area contributed by atoms with Crippen LogP contribution in [0.3, 0.4) is 0 Å². The van der Waals surface area contributed by atoms with Crippen LogP contribution < -0.4 is 4.72 Å². The highest BCUT2D eigenvalue weighted by Gasteiger charge is 2.33. The second kappa shape index (κ2) is 8.48. The summed E-state index contributed by atoms with van der Waals surface area (Å²) in [7, 11) is -3.83. The lowest BCUT2D eigenvalue weighted by Crippen LogP contribution is -2.46. The first-order chi connectivity index (χ1) is 14.2. The Bertz CT molecular complexity index is 1060. The molecule has 0 aromatic heterocycles. The fourth-order valence-corrected chi connectivity index (χ4v) is 5.68. The summed E-state index contributed by atoms with van der Waals surface area (Å²) in [6, 6.07) is 12.2. The van der Waals surface area contributed by atoms with Gasteiger partial charge in [-0.2, -0.15) is 0 Å². The van der Waals surface area contributed by atoms with Crippen LogP contribution in [0.2, 0.25) is 10.0 Å². The lowest BCUT2D eigenvalue weighted by molar-refractivity contribution is -0.0691. The van der Waals surface area contributed by atoms with Gasteiger partial charge in [-0.05, 0) is 37.5 Å². The molecule has 4 rings (SSSR count). The summed E-state index contributed by atoms with van der Waals surface area (Å²) in [5.74, 6) is -0.351. The zero-order valence-electron chi connectivity index (χ0n) is 16.3. The number of hydrogen-bond donors (Lipinski definition) is 1. The number of rotatable bonds is 5. The summed E-state index contributed by atoms with van der Waals surface area (Å²) >= 11 is 12.5. The minimum atomic E-state index is -3.83. The normalized spacial score (nSPS) is 22.2. The van der Waals surface area contributed by atoms with Gasteiger partial charge in [0, 0.05) is 12.6 Å². The zero-order valence-corrected chi connectivity index (χ0v) is 18.7. The van der Waals surface area contributed by atoms with Gasteiger partial charge < -0.3 is 9.64 Å². The van der Waals surface area contributed by atoms with Gasteiger partial charge in [0.1, 0.15) is 11.0 Å². The van der Waals surface area contributed by atoms with Crippen LogP contribution in [0.4, 0.5) is 0 Å². The second-order valence-corrected chi connectivity index (χ2v) is 10.2. The van der Waals surface area contributed by atoms with E-state index in [9.17, 15) is 13.2 Å². The van der Waals surface area contributed by atoms with Crippen molar-refractivity contribution in [1.29, 1.82) is 0 Å². The number of ether oxygens (including phenoxy) is 1. The van der Waals surface area contributed by atoms with Crippen LogP contribution in [0.1, 0.15) is 41.8 Å². The fraction of sp³-hybridized carbons (Fsp3) is 0.381. The Kier molecular flexibility index (Phi) is 6.10. The Morgan fingerprint density at radius 1 is 1.10 bits per heavy atom. The maximum Gasteiger partial charge on any atom is 0.255 e. The van der Waals surface area contributed by atoms with Crippen LogP contribution in [0.25, 0.3) is 0 Å². The number of halogens is 2. The third-order valence-electron chi connectivity index (χ3n) is 5.16. The van der Waals surface area contributed by atoms with Crippen molar-refractivity contribution in [2.75, 3.05) is 13.1 Å². The molecule has 2 unspecified atom stereocenters. The summed E-state index contributed by atoms with van der Waals surface area (Å²) in [4.78, 5) is 14.8. The van der Waals surface area contributed by atoms with Crippen molar-refractivity contribution < 1.29 is 17.9 Å². The average Bonchev–Trinajstić information content (AvgIpc) is 3.51. The number of nitrogens with zero attached hydrogens (tertiary/aromatic N) is 1. The number of morpholine rings is 1. The SMILES string of the molecule is CC1CN(C(=O)c2cc(S(=O)(=O)NC3CC3)c(Cl)cc2Cl)CC(c2ccccc2)O1. The van der Waals surface area contributed by atoms with Crippen LogP contribution in [0.5, 0.6) is 0 Å². The molecule has 1 amide bonds. The predicted molar refractivity (Wildman–Crippen MR) is 115 cm³/mol. The van der Waals surface area contributed by atoms with Crippen LogP contribution in [0, 0.1) is 0 Å². The second-order valence-electron chi connectivity index (χ2n) is 7.71. The lowest BCUT2D eigenvalue weighted by Gasteiger charge is -2.37. The van der Waals surface area contributed by atoms with Crippen LogP contribution in [0.15, 0.2) is 47.4 Å². The number of amides is 1. The summed E-state index contributed by atoms with van der Waals surface area (Å²) in [6.07, 6.45) is 1.13. The van der Waals surface area contributed by atoms with E-state index in [1.165, 1.54) is 12.1 Å². The van der Waals surface area contributed by atoms with E-state index < -0.39 is 10.0 Å². The largest absolute Gasteiger partial charge is 0.367 e. The van der Waals surface area contributed by atoms with E-state index in [0.29, 0.717) is 13.1 Å². The lowest BCUT2D eigenvalue weighted by atomic mass is 10.1. The minimum Gasteiger partial charge on any atom is -0.367 e. The van der Waals surface area contributed by atoms with E-state index in [1.807, 2.05) is 37.3 Å². The highest BCUT2D eigenvalue weighted by Crippen LogP contribution is 2.33. The molecule has 0 bridgehead atoms. The molecule has 1 aliphatic carbocycles. The van der Waals surface area contributed by atoms with Crippen LogP contribution in [-0.2, 0) is 14.8 Å². The van der Waals surface area contributed by atoms with E-state index in [0.717, 1.165) is 18.4 Å². The van der Waals surface area contributed by atoms with Gasteiger partial charge in [0.2, 0.25) is 10.0 Å². The van der Waals surface area contributed by atoms with Crippen molar-refractivity contribution >= 4 is 39.1 Å². The minimum absolute atomic E-state index is 0.0118. The highest BCUT2D eigenvalue weighted by atomic mass is 35.5. The molecule has 6 nitrogen and oxygen atoms in total. The number of sulfonamides is 1.